The zero-order chi connectivity index (χ0) is 46.4. The van der Waals surface area contributed by atoms with Crippen LogP contribution in [-0.2, 0) is 0 Å². The number of rotatable bonds is 8. The summed E-state index contributed by atoms with van der Waals surface area (Å²) in [5.41, 5.74) is 17.2. The predicted molar refractivity (Wildman–Crippen MR) is 296 cm³/mol. The molecule has 0 aliphatic carbocycles. The first kappa shape index (κ1) is 41.0. The van der Waals surface area contributed by atoms with Gasteiger partial charge in [0.2, 0.25) is 0 Å². The van der Waals surface area contributed by atoms with E-state index in [4.69, 9.17) is 9.97 Å². The molecule has 13 aromatic rings. The van der Waals surface area contributed by atoms with E-state index in [-0.39, 0.29) is 0 Å². The van der Waals surface area contributed by atoms with Crippen LogP contribution >= 0.6 is 0 Å². The van der Waals surface area contributed by atoms with Crippen LogP contribution in [0.4, 0.5) is 0 Å². The van der Waals surface area contributed by atoms with Gasteiger partial charge in [-0.2, -0.15) is 0 Å². The number of pyridine rings is 2. The third kappa shape index (κ3) is 7.59. The first-order chi connectivity index (χ1) is 34.7. The van der Waals surface area contributed by atoms with Gasteiger partial charge in [0.25, 0.3) is 0 Å². The molecule has 0 atom stereocenters. The van der Waals surface area contributed by atoms with Crippen molar-refractivity contribution in [2.24, 2.45) is 0 Å². The minimum atomic E-state index is 0.925. The van der Waals surface area contributed by atoms with Crippen molar-refractivity contribution in [1.82, 2.24) is 9.97 Å². The summed E-state index contributed by atoms with van der Waals surface area (Å²) < 4.78 is 0. The standard InChI is InChI=1S/C68H44N2/c1-3-16-47(17-4-1)65-41-55(43-67(69-65)49-34-30-45(31-35-49)63-39-53-20-7-9-24-57(53)59-26-11-13-28-61(59)63)51-22-15-23-52(38-51)56-42-66(48-18-5-2-6-19-48)70-68(44-56)50-36-32-46(33-37-50)64-40-54-21-8-10-25-58(54)60-27-12-14-29-62(60)64/h1-44H. The molecule has 0 amide bonds. The molecule has 0 N–H and O–H groups in total. The SMILES string of the molecule is c1ccc(-c2cc(-c3cccc(-c4cc(-c5ccccc5)nc(-c5ccc(-c6cc7ccccc7c7ccccc67)cc5)c4)c3)cc(-c3ccc(-c4cc5ccccc5c5ccccc45)cc3)n2)cc1. The number of benzene rings is 11. The van der Waals surface area contributed by atoms with E-state index in [9.17, 15) is 0 Å². The maximum absolute atomic E-state index is 5.31. The summed E-state index contributed by atoms with van der Waals surface area (Å²) in [6, 6.07) is 96.1. The van der Waals surface area contributed by atoms with Crippen molar-refractivity contribution in [2.45, 2.75) is 0 Å². The molecule has 0 fully saturated rings. The molecule has 2 heteroatoms. The second-order valence-electron chi connectivity index (χ2n) is 18.1. The molecular weight excluding hydrogens is 845 g/mol. The number of hydrogen-bond donors (Lipinski definition) is 0. The summed E-state index contributed by atoms with van der Waals surface area (Å²) in [6.45, 7) is 0. The van der Waals surface area contributed by atoms with E-state index in [0.717, 1.165) is 67.3 Å². The van der Waals surface area contributed by atoms with Gasteiger partial charge in [0.15, 0.2) is 0 Å². The largest absolute Gasteiger partial charge is 0.248 e. The van der Waals surface area contributed by atoms with E-state index in [0.29, 0.717) is 0 Å². The van der Waals surface area contributed by atoms with Gasteiger partial charge in [-0.3, -0.25) is 0 Å². The molecule has 0 saturated heterocycles. The van der Waals surface area contributed by atoms with Crippen molar-refractivity contribution in [3.05, 3.63) is 267 Å². The van der Waals surface area contributed by atoms with Gasteiger partial charge in [-0.05, 0) is 130 Å². The highest BCUT2D eigenvalue weighted by molar-refractivity contribution is 6.15. The van der Waals surface area contributed by atoms with Crippen molar-refractivity contribution in [3.63, 3.8) is 0 Å². The molecule has 0 bridgehead atoms. The smallest absolute Gasteiger partial charge is 0.0715 e. The molecule has 326 valence electrons. The second kappa shape index (κ2) is 17.4. The van der Waals surface area contributed by atoms with Gasteiger partial charge in [-0.1, -0.05) is 224 Å². The van der Waals surface area contributed by atoms with E-state index < -0.39 is 0 Å². The third-order valence-electron chi connectivity index (χ3n) is 13.8. The van der Waals surface area contributed by atoms with Gasteiger partial charge < -0.3 is 0 Å². The van der Waals surface area contributed by atoms with Gasteiger partial charge in [0.1, 0.15) is 0 Å². The second-order valence-corrected chi connectivity index (χ2v) is 18.1. The maximum Gasteiger partial charge on any atom is 0.0715 e. The Kier molecular flexibility index (Phi) is 10.2. The fourth-order valence-electron chi connectivity index (χ4n) is 10.3. The lowest BCUT2D eigenvalue weighted by Gasteiger charge is -2.14. The van der Waals surface area contributed by atoms with Gasteiger partial charge in [-0.15, -0.1) is 0 Å². The Hall–Kier alpha value is -9.24. The molecule has 0 aliphatic rings. The number of nitrogens with zero attached hydrogens (tertiary/aromatic N) is 2. The van der Waals surface area contributed by atoms with Crippen molar-refractivity contribution in [1.29, 1.82) is 0 Å². The molecule has 2 heterocycles. The van der Waals surface area contributed by atoms with Gasteiger partial charge in [0.05, 0.1) is 22.8 Å². The highest BCUT2D eigenvalue weighted by Crippen LogP contribution is 2.40. The summed E-state index contributed by atoms with van der Waals surface area (Å²) in [7, 11) is 0. The van der Waals surface area contributed by atoms with Crippen LogP contribution in [0.1, 0.15) is 0 Å². The topological polar surface area (TPSA) is 25.8 Å². The summed E-state index contributed by atoms with van der Waals surface area (Å²) >= 11 is 0. The minimum Gasteiger partial charge on any atom is -0.248 e. The van der Waals surface area contributed by atoms with Crippen LogP contribution in [0, 0.1) is 0 Å². The number of aromatic nitrogens is 2. The zero-order valence-corrected chi connectivity index (χ0v) is 38.3. The molecule has 0 spiro atoms. The highest BCUT2D eigenvalue weighted by atomic mass is 14.7. The van der Waals surface area contributed by atoms with E-state index in [1.807, 2.05) is 0 Å². The molecule has 0 aliphatic heterocycles. The average Bonchev–Trinajstić information content (AvgIpc) is 3.45. The summed E-state index contributed by atoms with van der Waals surface area (Å²) in [4.78, 5) is 10.6. The predicted octanol–water partition coefficient (Wildman–Crippen LogP) is 18.4. The quantitative estimate of drug-likeness (QED) is 0.142. The van der Waals surface area contributed by atoms with E-state index in [1.54, 1.807) is 0 Å². The molecule has 0 saturated carbocycles. The lowest BCUT2D eigenvalue weighted by atomic mass is 9.92. The molecule has 0 radical (unpaired) electrons. The summed E-state index contributed by atoms with van der Waals surface area (Å²) in [6.07, 6.45) is 0. The van der Waals surface area contributed by atoms with Crippen LogP contribution in [0.5, 0.6) is 0 Å². The van der Waals surface area contributed by atoms with Crippen molar-refractivity contribution >= 4 is 43.1 Å². The van der Waals surface area contributed by atoms with Crippen molar-refractivity contribution in [2.75, 3.05) is 0 Å². The molecule has 2 aromatic heterocycles. The van der Waals surface area contributed by atoms with Crippen LogP contribution in [0.2, 0.25) is 0 Å². The Morgan fingerprint density at radius 2 is 0.471 bits per heavy atom. The fourth-order valence-corrected chi connectivity index (χ4v) is 10.3. The van der Waals surface area contributed by atoms with E-state index >= 15 is 0 Å². The minimum absolute atomic E-state index is 0.925. The Morgan fingerprint density at radius 1 is 0.171 bits per heavy atom. The molecule has 2 nitrogen and oxygen atoms in total. The lowest BCUT2D eigenvalue weighted by molar-refractivity contribution is 1.32. The summed E-state index contributed by atoms with van der Waals surface area (Å²) in [5, 5.41) is 10.1. The summed E-state index contributed by atoms with van der Waals surface area (Å²) in [5.74, 6) is 0. The van der Waals surface area contributed by atoms with Crippen LogP contribution < -0.4 is 0 Å². The Bertz CT molecular complexity index is 3820. The molecule has 13 rings (SSSR count). The highest BCUT2D eigenvalue weighted by Gasteiger charge is 2.15. The average molecular weight is 889 g/mol. The Balaban J connectivity index is 0.888. The lowest BCUT2D eigenvalue weighted by Crippen LogP contribution is -1.93. The molecular formula is C68H44N2. The first-order valence-electron chi connectivity index (χ1n) is 24.0. The number of hydrogen-bond acceptors (Lipinski definition) is 2. The Labute approximate surface area is 407 Å². The molecule has 70 heavy (non-hydrogen) atoms. The van der Waals surface area contributed by atoms with Crippen molar-refractivity contribution in [3.8, 4) is 89.5 Å². The molecule has 11 aromatic carbocycles. The zero-order valence-electron chi connectivity index (χ0n) is 38.3. The third-order valence-corrected chi connectivity index (χ3v) is 13.8. The number of fused-ring (bicyclic) bond motifs is 6. The fraction of sp³-hybridized carbons (Fsp3) is 0. The maximum atomic E-state index is 5.31. The Morgan fingerprint density at radius 3 is 0.871 bits per heavy atom. The van der Waals surface area contributed by atoms with Crippen molar-refractivity contribution < 1.29 is 0 Å². The first-order valence-corrected chi connectivity index (χ1v) is 24.0. The van der Waals surface area contributed by atoms with E-state index in [1.165, 1.54) is 65.3 Å². The monoisotopic (exact) mass is 888 g/mol. The van der Waals surface area contributed by atoms with Crippen LogP contribution in [0.25, 0.3) is 133 Å². The van der Waals surface area contributed by atoms with Crippen LogP contribution in [-0.4, -0.2) is 9.97 Å². The van der Waals surface area contributed by atoms with E-state index in [2.05, 4.69) is 267 Å². The molecule has 0 unspecified atom stereocenters. The van der Waals surface area contributed by atoms with Crippen LogP contribution in [0.15, 0.2) is 267 Å². The van der Waals surface area contributed by atoms with Crippen LogP contribution in [0.3, 0.4) is 0 Å². The normalized spacial score (nSPS) is 11.4. The van der Waals surface area contributed by atoms with Gasteiger partial charge in [-0.25, -0.2) is 9.97 Å². The van der Waals surface area contributed by atoms with Gasteiger partial charge >= 0.3 is 0 Å². The van der Waals surface area contributed by atoms with Gasteiger partial charge in [0, 0.05) is 22.3 Å².